The van der Waals surface area contributed by atoms with Crippen molar-refractivity contribution in [3.8, 4) is 12.3 Å². The summed E-state index contributed by atoms with van der Waals surface area (Å²) in [5.74, 6) is 3.09. The van der Waals surface area contributed by atoms with Gasteiger partial charge >= 0.3 is 5.97 Å². The predicted molar refractivity (Wildman–Crippen MR) is 75.3 cm³/mol. The SMILES string of the molecule is C#CCSCCNc1cc(C)nc(C)c1C(=O)O. The minimum atomic E-state index is -0.959. The van der Waals surface area contributed by atoms with Crippen LogP contribution in [-0.2, 0) is 0 Å². The zero-order chi connectivity index (χ0) is 13.5. The highest BCUT2D eigenvalue weighted by Crippen LogP contribution is 2.19. The summed E-state index contributed by atoms with van der Waals surface area (Å²) in [6.07, 6.45) is 5.15. The zero-order valence-corrected chi connectivity index (χ0v) is 11.3. The van der Waals surface area contributed by atoms with Crippen LogP contribution in [0.1, 0.15) is 21.7 Å². The van der Waals surface area contributed by atoms with E-state index in [1.165, 1.54) is 0 Å². The molecule has 2 N–H and O–H groups in total. The average molecular weight is 264 g/mol. The van der Waals surface area contributed by atoms with Crippen molar-refractivity contribution in [1.29, 1.82) is 0 Å². The van der Waals surface area contributed by atoms with E-state index in [1.54, 1.807) is 24.8 Å². The fourth-order valence-corrected chi connectivity index (χ4v) is 2.14. The Morgan fingerprint density at radius 3 is 2.94 bits per heavy atom. The Morgan fingerprint density at radius 1 is 1.61 bits per heavy atom. The monoisotopic (exact) mass is 264 g/mol. The summed E-state index contributed by atoms with van der Waals surface area (Å²) in [6, 6.07) is 1.75. The van der Waals surface area contributed by atoms with Crippen LogP contribution in [0.5, 0.6) is 0 Å². The molecule has 0 bridgehead atoms. The van der Waals surface area contributed by atoms with Gasteiger partial charge in [-0.25, -0.2) is 4.79 Å². The van der Waals surface area contributed by atoms with Gasteiger partial charge in [0.2, 0.25) is 0 Å². The van der Waals surface area contributed by atoms with E-state index in [2.05, 4.69) is 16.2 Å². The highest BCUT2D eigenvalue weighted by Gasteiger charge is 2.14. The highest BCUT2D eigenvalue weighted by atomic mass is 32.2. The van der Waals surface area contributed by atoms with Gasteiger partial charge in [0.15, 0.2) is 0 Å². The molecule has 1 rings (SSSR count). The first kappa shape index (κ1) is 14.4. The summed E-state index contributed by atoms with van der Waals surface area (Å²) in [6.45, 7) is 4.22. The van der Waals surface area contributed by atoms with Crippen LogP contribution in [0.4, 0.5) is 5.69 Å². The molecular weight excluding hydrogens is 248 g/mol. The fraction of sp³-hybridized carbons (Fsp3) is 0.385. The van der Waals surface area contributed by atoms with Crippen LogP contribution in [0.25, 0.3) is 0 Å². The molecule has 0 aliphatic rings. The molecule has 0 aliphatic heterocycles. The summed E-state index contributed by atoms with van der Waals surface area (Å²) in [5.41, 5.74) is 2.19. The number of aromatic carboxylic acids is 1. The molecule has 0 aromatic carbocycles. The van der Waals surface area contributed by atoms with E-state index in [1.807, 2.05) is 6.92 Å². The minimum absolute atomic E-state index is 0.238. The molecule has 96 valence electrons. The summed E-state index contributed by atoms with van der Waals surface area (Å²) in [5, 5.41) is 12.3. The molecule has 0 radical (unpaired) electrons. The number of anilines is 1. The third kappa shape index (κ3) is 3.97. The van der Waals surface area contributed by atoms with E-state index in [0.29, 0.717) is 23.7 Å². The van der Waals surface area contributed by atoms with Gasteiger partial charge in [-0.15, -0.1) is 18.2 Å². The summed E-state index contributed by atoms with van der Waals surface area (Å²) < 4.78 is 0. The second kappa shape index (κ2) is 6.92. The van der Waals surface area contributed by atoms with Crippen molar-refractivity contribution in [3.05, 3.63) is 23.0 Å². The number of nitrogens with one attached hydrogen (secondary N) is 1. The molecule has 1 aromatic rings. The number of hydrogen-bond acceptors (Lipinski definition) is 4. The van der Waals surface area contributed by atoms with Crippen LogP contribution in [0.15, 0.2) is 6.07 Å². The predicted octanol–water partition coefficient (Wildman–Crippen LogP) is 2.17. The first-order chi connectivity index (χ1) is 8.56. The van der Waals surface area contributed by atoms with Gasteiger partial charge < -0.3 is 10.4 Å². The molecule has 0 amide bonds. The molecule has 0 saturated heterocycles. The van der Waals surface area contributed by atoms with Crippen molar-refractivity contribution in [1.82, 2.24) is 4.98 Å². The van der Waals surface area contributed by atoms with Crippen LogP contribution in [0.3, 0.4) is 0 Å². The number of pyridine rings is 1. The van der Waals surface area contributed by atoms with Crippen LogP contribution >= 0.6 is 11.8 Å². The van der Waals surface area contributed by atoms with Crippen molar-refractivity contribution >= 4 is 23.4 Å². The zero-order valence-electron chi connectivity index (χ0n) is 10.5. The Morgan fingerprint density at radius 2 is 2.33 bits per heavy atom. The van der Waals surface area contributed by atoms with Gasteiger partial charge in [-0.1, -0.05) is 5.92 Å². The fourth-order valence-electron chi connectivity index (χ4n) is 1.63. The Hall–Kier alpha value is -1.67. The topological polar surface area (TPSA) is 62.2 Å². The first-order valence-corrected chi connectivity index (χ1v) is 6.68. The molecule has 0 fully saturated rings. The standard InChI is InChI=1S/C13H16N2O2S/c1-4-6-18-7-5-14-11-8-9(2)15-10(3)12(11)13(16)17/h1,8H,5-7H2,2-3H3,(H,14,15)(H,16,17). The van der Waals surface area contributed by atoms with Gasteiger partial charge in [0.1, 0.15) is 5.56 Å². The van der Waals surface area contributed by atoms with Gasteiger partial charge in [-0.2, -0.15) is 0 Å². The quantitative estimate of drug-likeness (QED) is 0.609. The van der Waals surface area contributed by atoms with Crippen molar-refractivity contribution in [3.63, 3.8) is 0 Å². The van der Waals surface area contributed by atoms with Gasteiger partial charge in [0, 0.05) is 18.0 Å². The maximum absolute atomic E-state index is 11.2. The van der Waals surface area contributed by atoms with Crippen molar-refractivity contribution < 1.29 is 9.90 Å². The van der Waals surface area contributed by atoms with Crippen LogP contribution in [0, 0.1) is 26.2 Å². The van der Waals surface area contributed by atoms with E-state index in [-0.39, 0.29) is 5.56 Å². The van der Waals surface area contributed by atoms with Gasteiger partial charge in [0.25, 0.3) is 0 Å². The number of rotatable bonds is 6. The lowest BCUT2D eigenvalue weighted by Gasteiger charge is -2.12. The number of aromatic nitrogens is 1. The molecule has 0 atom stereocenters. The van der Waals surface area contributed by atoms with Gasteiger partial charge in [-0.05, 0) is 19.9 Å². The Bertz CT molecular complexity index is 481. The second-order valence-corrected chi connectivity index (χ2v) is 4.87. The molecule has 0 saturated carbocycles. The molecule has 0 aliphatic carbocycles. The minimum Gasteiger partial charge on any atom is -0.478 e. The lowest BCUT2D eigenvalue weighted by atomic mass is 10.1. The lowest BCUT2D eigenvalue weighted by molar-refractivity contribution is 0.0696. The van der Waals surface area contributed by atoms with Crippen LogP contribution in [0.2, 0.25) is 0 Å². The molecule has 1 aromatic heterocycles. The molecule has 5 heteroatoms. The average Bonchev–Trinajstić information content (AvgIpc) is 2.27. The third-order valence-corrected chi connectivity index (χ3v) is 3.15. The Balaban J connectivity index is 2.75. The lowest BCUT2D eigenvalue weighted by Crippen LogP contribution is -2.12. The molecule has 18 heavy (non-hydrogen) atoms. The molecule has 1 heterocycles. The largest absolute Gasteiger partial charge is 0.478 e. The van der Waals surface area contributed by atoms with Gasteiger partial charge in [0.05, 0.1) is 17.1 Å². The summed E-state index contributed by atoms with van der Waals surface area (Å²) in [7, 11) is 0. The van der Waals surface area contributed by atoms with E-state index in [0.717, 1.165) is 11.4 Å². The Labute approximate surface area is 111 Å². The number of carboxylic acid groups (broad SMARTS) is 1. The van der Waals surface area contributed by atoms with Crippen molar-refractivity contribution in [2.24, 2.45) is 0 Å². The van der Waals surface area contributed by atoms with E-state index in [9.17, 15) is 4.79 Å². The Kier molecular flexibility index (Phi) is 5.53. The van der Waals surface area contributed by atoms with Crippen molar-refractivity contribution in [2.75, 3.05) is 23.4 Å². The van der Waals surface area contributed by atoms with Crippen LogP contribution < -0.4 is 5.32 Å². The maximum atomic E-state index is 11.2. The van der Waals surface area contributed by atoms with Gasteiger partial charge in [-0.3, -0.25) is 4.98 Å². The summed E-state index contributed by atoms with van der Waals surface area (Å²) in [4.78, 5) is 15.3. The number of hydrogen-bond donors (Lipinski definition) is 2. The smallest absolute Gasteiger partial charge is 0.339 e. The number of nitrogens with zero attached hydrogens (tertiary/aromatic N) is 1. The number of aryl methyl sites for hydroxylation is 2. The maximum Gasteiger partial charge on any atom is 0.339 e. The molecule has 0 unspecified atom stereocenters. The third-order valence-electron chi connectivity index (χ3n) is 2.29. The molecular formula is C13H16N2O2S. The van der Waals surface area contributed by atoms with Crippen LogP contribution in [-0.4, -0.2) is 34.1 Å². The number of carboxylic acids is 1. The van der Waals surface area contributed by atoms with Crippen molar-refractivity contribution in [2.45, 2.75) is 13.8 Å². The number of thioether (sulfide) groups is 1. The summed E-state index contributed by atoms with van der Waals surface area (Å²) >= 11 is 1.63. The number of carbonyl (C=O) groups is 1. The normalized spacial score (nSPS) is 9.83. The van der Waals surface area contributed by atoms with E-state index < -0.39 is 5.97 Å². The second-order valence-electron chi connectivity index (χ2n) is 3.76. The highest BCUT2D eigenvalue weighted by molar-refractivity contribution is 7.99. The first-order valence-electron chi connectivity index (χ1n) is 5.53. The molecule has 4 nitrogen and oxygen atoms in total. The van der Waals surface area contributed by atoms with E-state index in [4.69, 9.17) is 11.5 Å². The van der Waals surface area contributed by atoms with E-state index >= 15 is 0 Å². The molecule has 0 spiro atoms. The number of terminal acetylenes is 1.